The van der Waals surface area contributed by atoms with Crippen molar-refractivity contribution in [1.29, 1.82) is 0 Å². The minimum absolute atomic E-state index is 0.0883. The summed E-state index contributed by atoms with van der Waals surface area (Å²) in [7, 11) is -1.39. The quantitative estimate of drug-likeness (QED) is 0.447. The molecule has 0 saturated heterocycles. The van der Waals surface area contributed by atoms with Crippen molar-refractivity contribution in [3.05, 3.63) is 0 Å². The second-order valence-electron chi connectivity index (χ2n) is 2.87. The first kappa shape index (κ1) is 13.3. The molecule has 0 aliphatic carbocycles. The van der Waals surface area contributed by atoms with Gasteiger partial charge in [-0.1, -0.05) is 0 Å². The Kier molecular flexibility index (Phi) is 6.43. The van der Waals surface area contributed by atoms with Gasteiger partial charge in [0.15, 0.2) is 0 Å². The van der Waals surface area contributed by atoms with Crippen LogP contribution in [0.25, 0.3) is 0 Å². The van der Waals surface area contributed by atoms with Crippen LogP contribution in [-0.4, -0.2) is 47.3 Å². The Labute approximate surface area is 84.5 Å². The highest BCUT2D eigenvalue weighted by molar-refractivity contribution is 7.88. The van der Waals surface area contributed by atoms with Gasteiger partial charge in [0.2, 0.25) is 15.9 Å². The van der Waals surface area contributed by atoms with Crippen molar-refractivity contribution in [1.82, 2.24) is 15.4 Å². The van der Waals surface area contributed by atoms with Gasteiger partial charge in [0.05, 0.1) is 6.26 Å². The fourth-order valence-electron chi connectivity index (χ4n) is 0.765. The summed E-state index contributed by atoms with van der Waals surface area (Å²) in [6.07, 6.45) is 1.48. The first-order chi connectivity index (χ1) is 6.45. The molecule has 84 valence electrons. The van der Waals surface area contributed by atoms with E-state index in [-0.39, 0.29) is 12.5 Å². The van der Waals surface area contributed by atoms with Gasteiger partial charge in [-0.05, 0) is 7.05 Å². The molecule has 0 aromatic rings. The summed E-state index contributed by atoms with van der Waals surface area (Å²) in [6.45, 7) is 1.16. The molecule has 7 heteroatoms. The molecule has 0 saturated carbocycles. The Morgan fingerprint density at radius 2 is 1.86 bits per heavy atom. The maximum absolute atomic E-state index is 11.0. The third-order valence-corrected chi connectivity index (χ3v) is 2.14. The standard InChI is InChI=1S/C7H17N3O3S/c1-8-4-3-7(11)9-5-6-10-14(2,12)13/h8,10H,3-6H2,1-2H3,(H,9,11). The fraction of sp³-hybridized carbons (Fsp3) is 0.857. The van der Waals surface area contributed by atoms with Crippen LogP contribution >= 0.6 is 0 Å². The molecular formula is C7H17N3O3S. The van der Waals surface area contributed by atoms with Gasteiger partial charge >= 0.3 is 0 Å². The van der Waals surface area contributed by atoms with Crippen LogP contribution in [0.5, 0.6) is 0 Å². The number of sulfonamides is 1. The van der Waals surface area contributed by atoms with Crippen molar-refractivity contribution in [2.75, 3.05) is 32.9 Å². The number of hydrogen-bond acceptors (Lipinski definition) is 4. The van der Waals surface area contributed by atoms with Crippen LogP contribution in [0.4, 0.5) is 0 Å². The van der Waals surface area contributed by atoms with Gasteiger partial charge < -0.3 is 10.6 Å². The molecule has 0 spiro atoms. The lowest BCUT2D eigenvalue weighted by molar-refractivity contribution is -0.120. The minimum atomic E-state index is -3.15. The molecule has 0 rings (SSSR count). The van der Waals surface area contributed by atoms with Crippen LogP contribution in [0.3, 0.4) is 0 Å². The summed E-state index contributed by atoms with van der Waals surface area (Å²) < 4.78 is 23.5. The van der Waals surface area contributed by atoms with Crippen LogP contribution in [0.2, 0.25) is 0 Å². The molecule has 0 atom stereocenters. The average Bonchev–Trinajstić information content (AvgIpc) is 2.07. The van der Waals surface area contributed by atoms with E-state index in [2.05, 4.69) is 15.4 Å². The Morgan fingerprint density at radius 1 is 1.21 bits per heavy atom. The number of nitrogens with one attached hydrogen (secondary N) is 3. The lowest BCUT2D eigenvalue weighted by Gasteiger charge is -2.05. The van der Waals surface area contributed by atoms with Crippen LogP contribution in [0.1, 0.15) is 6.42 Å². The molecule has 0 heterocycles. The summed E-state index contributed by atoms with van der Waals surface area (Å²) in [5, 5.41) is 5.43. The number of amides is 1. The van der Waals surface area contributed by atoms with E-state index in [1.807, 2.05) is 0 Å². The maximum atomic E-state index is 11.0. The van der Waals surface area contributed by atoms with E-state index in [0.29, 0.717) is 19.5 Å². The van der Waals surface area contributed by atoms with Crippen molar-refractivity contribution in [3.8, 4) is 0 Å². The molecule has 0 aromatic carbocycles. The molecule has 0 bridgehead atoms. The molecule has 0 aliphatic rings. The summed E-state index contributed by atoms with van der Waals surface area (Å²) in [5.41, 5.74) is 0. The second-order valence-corrected chi connectivity index (χ2v) is 4.70. The fourth-order valence-corrected chi connectivity index (χ4v) is 1.24. The van der Waals surface area contributed by atoms with Gasteiger partial charge in [0, 0.05) is 26.1 Å². The first-order valence-corrected chi connectivity index (χ1v) is 6.21. The van der Waals surface area contributed by atoms with Crippen LogP contribution in [0, 0.1) is 0 Å². The Bertz CT molecular complexity index is 263. The van der Waals surface area contributed by atoms with Gasteiger partial charge in [0.25, 0.3) is 0 Å². The molecule has 0 unspecified atom stereocenters. The van der Waals surface area contributed by atoms with Crippen LogP contribution in [0.15, 0.2) is 0 Å². The van der Waals surface area contributed by atoms with Crippen molar-refractivity contribution < 1.29 is 13.2 Å². The summed E-state index contributed by atoms with van der Waals surface area (Å²) in [6, 6.07) is 0. The van der Waals surface area contributed by atoms with E-state index in [0.717, 1.165) is 6.26 Å². The van der Waals surface area contributed by atoms with E-state index >= 15 is 0 Å². The van der Waals surface area contributed by atoms with Gasteiger partial charge in [-0.3, -0.25) is 4.79 Å². The van der Waals surface area contributed by atoms with E-state index in [1.165, 1.54) is 0 Å². The highest BCUT2D eigenvalue weighted by Crippen LogP contribution is 1.76. The second kappa shape index (κ2) is 6.74. The zero-order chi connectivity index (χ0) is 11.0. The summed E-state index contributed by atoms with van der Waals surface area (Å²) in [4.78, 5) is 11.0. The van der Waals surface area contributed by atoms with Crippen molar-refractivity contribution >= 4 is 15.9 Å². The number of rotatable bonds is 7. The number of carbonyl (C=O) groups is 1. The Hall–Kier alpha value is -0.660. The molecular weight excluding hydrogens is 206 g/mol. The van der Waals surface area contributed by atoms with E-state index in [9.17, 15) is 13.2 Å². The average molecular weight is 223 g/mol. The third kappa shape index (κ3) is 9.43. The topological polar surface area (TPSA) is 87.3 Å². The zero-order valence-electron chi connectivity index (χ0n) is 8.46. The molecule has 1 amide bonds. The van der Waals surface area contributed by atoms with E-state index in [1.54, 1.807) is 7.05 Å². The lowest BCUT2D eigenvalue weighted by Crippen LogP contribution is -2.35. The summed E-state index contributed by atoms with van der Waals surface area (Å²) >= 11 is 0. The van der Waals surface area contributed by atoms with Gasteiger partial charge in [-0.2, -0.15) is 0 Å². The van der Waals surface area contributed by atoms with Crippen molar-refractivity contribution in [3.63, 3.8) is 0 Å². The SMILES string of the molecule is CNCCC(=O)NCCNS(C)(=O)=O. The molecule has 3 N–H and O–H groups in total. The van der Waals surface area contributed by atoms with Gasteiger partial charge in [-0.15, -0.1) is 0 Å². The van der Waals surface area contributed by atoms with Gasteiger partial charge in [-0.25, -0.2) is 13.1 Å². The Balaban J connectivity index is 3.41. The molecule has 0 fully saturated rings. The largest absolute Gasteiger partial charge is 0.355 e. The van der Waals surface area contributed by atoms with E-state index < -0.39 is 10.0 Å². The van der Waals surface area contributed by atoms with Crippen LogP contribution < -0.4 is 15.4 Å². The first-order valence-electron chi connectivity index (χ1n) is 4.31. The predicted octanol–water partition coefficient (Wildman–Crippen LogP) is -1.74. The molecule has 14 heavy (non-hydrogen) atoms. The molecule has 0 aliphatic heterocycles. The zero-order valence-corrected chi connectivity index (χ0v) is 9.28. The van der Waals surface area contributed by atoms with Crippen molar-refractivity contribution in [2.24, 2.45) is 0 Å². The highest BCUT2D eigenvalue weighted by Gasteiger charge is 2.01. The monoisotopic (exact) mass is 223 g/mol. The normalized spacial score (nSPS) is 11.3. The van der Waals surface area contributed by atoms with Crippen LogP contribution in [-0.2, 0) is 14.8 Å². The highest BCUT2D eigenvalue weighted by atomic mass is 32.2. The smallest absolute Gasteiger partial charge is 0.221 e. The maximum Gasteiger partial charge on any atom is 0.221 e. The third-order valence-electron chi connectivity index (χ3n) is 1.41. The minimum Gasteiger partial charge on any atom is -0.355 e. The van der Waals surface area contributed by atoms with Crippen molar-refractivity contribution in [2.45, 2.75) is 6.42 Å². The summed E-state index contributed by atoms with van der Waals surface area (Å²) in [5.74, 6) is -0.0883. The van der Waals surface area contributed by atoms with E-state index in [4.69, 9.17) is 0 Å². The number of hydrogen-bond donors (Lipinski definition) is 3. The molecule has 6 nitrogen and oxygen atoms in total. The molecule has 0 aromatic heterocycles. The predicted molar refractivity (Wildman–Crippen MR) is 54.4 cm³/mol. The molecule has 0 radical (unpaired) electrons. The number of carbonyl (C=O) groups excluding carboxylic acids is 1. The lowest BCUT2D eigenvalue weighted by atomic mass is 10.4. The van der Waals surface area contributed by atoms with Gasteiger partial charge in [0.1, 0.15) is 0 Å². The Morgan fingerprint density at radius 3 is 2.36 bits per heavy atom.